The van der Waals surface area contributed by atoms with E-state index >= 15 is 0 Å². The van der Waals surface area contributed by atoms with E-state index in [2.05, 4.69) is 20.3 Å². The maximum absolute atomic E-state index is 12.2. The molecule has 23 heavy (non-hydrogen) atoms. The first kappa shape index (κ1) is 15.1. The SMILES string of the molecule is COCCNC(=O)c1ccc2cncc(-c3cccnc3)c2n1. The Labute approximate surface area is 133 Å². The van der Waals surface area contributed by atoms with E-state index in [1.807, 2.05) is 18.2 Å². The van der Waals surface area contributed by atoms with Crippen molar-refractivity contribution in [2.24, 2.45) is 0 Å². The number of pyridine rings is 3. The van der Waals surface area contributed by atoms with Crippen molar-refractivity contribution in [2.45, 2.75) is 0 Å². The third-order valence-corrected chi connectivity index (χ3v) is 3.40. The molecule has 0 spiro atoms. The zero-order valence-electron chi connectivity index (χ0n) is 12.7. The Bertz CT molecular complexity index is 821. The molecule has 0 unspecified atom stereocenters. The molecule has 1 N–H and O–H groups in total. The van der Waals surface area contributed by atoms with Gasteiger partial charge < -0.3 is 10.1 Å². The van der Waals surface area contributed by atoms with E-state index in [0.29, 0.717) is 18.8 Å². The van der Waals surface area contributed by atoms with Crippen LogP contribution in [0.4, 0.5) is 0 Å². The molecule has 0 aliphatic heterocycles. The highest BCUT2D eigenvalue weighted by atomic mass is 16.5. The van der Waals surface area contributed by atoms with Crippen LogP contribution in [0.2, 0.25) is 0 Å². The maximum Gasteiger partial charge on any atom is 0.269 e. The molecular weight excluding hydrogens is 292 g/mol. The van der Waals surface area contributed by atoms with Crippen molar-refractivity contribution >= 4 is 16.8 Å². The summed E-state index contributed by atoms with van der Waals surface area (Å²) in [6.07, 6.45) is 6.93. The highest BCUT2D eigenvalue weighted by Gasteiger charge is 2.11. The zero-order valence-corrected chi connectivity index (χ0v) is 12.7. The lowest BCUT2D eigenvalue weighted by molar-refractivity contribution is 0.0932. The summed E-state index contributed by atoms with van der Waals surface area (Å²) in [6, 6.07) is 7.34. The summed E-state index contributed by atoms with van der Waals surface area (Å²) in [4.78, 5) is 25.0. The topological polar surface area (TPSA) is 77.0 Å². The van der Waals surface area contributed by atoms with Crippen LogP contribution in [0.3, 0.4) is 0 Å². The second kappa shape index (κ2) is 6.93. The summed E-state index contributed by atoms with van der Waals surface area (Å²) in [5.74, 6) is -0.224. The van der Waals surface area contributed by atoms with Gasteiger partial charge in [-0.25, -0.2) is 4.98 Å². The van der Waals surface area contributed by atoms with E-state index < -0.39 is 0 Å². The normalized spacial score (nSPS) is 10.7. The van der Waals surface area contributed by atoms with E-state index in [4.69, 9.17) is 4.74 Å². The van der Waals surface area contributed by atoms with Gasteiger partial charge in [0.1, 0.15) is 5.69 Å². The molecule has 0 saturated carbocycles. The van der Waals surface area contributed by atoms with Gasteiger partial charge in [-0.1, -0.05) is 6.07 Å². The standard InChI is InChI=1S/C17H16N4O2/c1-23-8-7-20-17(22)15-5-4-13-10-19-11-14(16(13)21-15)12-3-2-6-18-9-12/h2-6,9-11H,7-8H2,1H3,(H,20,22). The summed E-state index contributed by atoms with van der Waals surface area (Å²) < 4.78 is 4.92. The molecule has 0 aliphatic carbocycles. The van der Waals surface area contributed by atoms with Crippen LogP contribution >= 0.6 is 0 Å². The van der Waals surface area contributed by atoms with Gasteiger partial charge in [-0.05, 0) is 18.2 Å². The molecule has 0 aliphatic rings. The molecule has 0 fully saturated rings. The van der Waals surface area contributed by atoms with Crippen molar-refractivity contribution in [3.05, 3.63) is 54.7 Å². The number of fused-ring (bicyclic) bond motifs is 1. The maximum atomic E-state index is 12.2. The van der Waals surface area contributed by atoms with Gasteiger partial charge in [0.15, 0.2) is 0 Å². The lowest BCUT2D eigenvalue weighted by Gasteiger charge is -2.08. The molecule has 6 nitrogen and oxygen atoms in total. The van der Waals surface area contributed by atoms with Crippen LogP contribution in [-0.2, 0) is 4.74 Å². The van der Waals surface area contributed by atoms with Crippen molar-refractivity contribution in [2.75, 3.05) is 20.3 Å². The number of carbonyl (C=O) groups excluding carboxylic acids is 1. The summed E-state index contributed by atoms with van der Waals surface area (Å²) in [5, 5.41) is 3.64. The predicted molar refractivity (Wildman–Crippen MR) is 87.0 cm³/mol. The van der Waals surface area contributed by atoms with E-state index in [1.165, 1.54) is 0 Å². The fourth-order valence-corrected chi connectivity index (χ4v) is 2.26. The highest BCUT2D eigenvalue weighted by molar-refractivity contribution is 5.98. The number of carbonyl (C=O) groups is 1. The molecule has 3 heterocycles. The Morgan fingerprint density at radius 1 is 1.17 bits per heavy atom. The third-order valence-electron chi connectivity index (χ3n) is 3.40. The van der Waals surface area contributed by atoms with Crippen LogP contribution in [-0.4, -0.2) is 41.1 Å². The minimum Gasteiger partial charge on any atom is -0.383 e. The van der Waals surface area contributed by atoms with E-state index in [1.54, 1.807) is 38.0 Å². The molecule has 0 radical (unpaired) electrons. The molecule has 6 heteroatoms. The number of rotatable bonds is 5. The molecule has 0 atom stereocenters. The lowest BCUT2D eigenvalue weighted by Crippen LogP contribution is -2.27. The molecular formula is C17H16N4O2. The Kier molecular flexibility index (Phi) is 4.54. The first-order valence-electron chi connectivity index (χ1n) is 7.22. The first-order valence-corrected chi connectivity index (χ1v) is 7.22. The summed E-state index contributed by atoms with van der Waals surface area (Å²) in [7, 11) is 1.59. The number of aromatic nitrogens is 3. The molecule has 0 saturated heterocycles. The molecule has 3 aromatic heterocycles. The number of ether oxygens (including phenoxy) is 1. The van der Waals surface area contributed by atoms with Gasteiger partial charge in [0.2, 0.25) is 0 Å². The van der Waals surface area contributed by atoms with Gasteiger partial charge >= 0.3 is 0 Å². The third kappa shape index (κ3) is 3.32. The van der Waals surface area contributed by atoms with Crippen molar-refractivity contribution in [3.8, 4) is 11.1 Å². The van der Waals surface area contributed by atoms with Crippen molar-refractivity contribution < 1.29 is 9.53 Å². The van der Waals surface area contributed by atoms with Gasteiger partial charge in [0.25, 0.3) is 5.91 Å². The second-order valence-corrected chi connectivity index (χ2v) is 4.95. The van der Waals surface area contributed by atoms with Crippen LogP contribution < -0.4 is 5.32 Å². The van der Waals surface area contributed by atoms with Crippen molar-refractivity contribution in [3.63, 3.8) is 0 Å². The van der Waals surface area contributed by atoms with E-state index in [-0.39, 0.29) is 5.91 Å². The Hall–Kier alpha value is -2.86. The molecule has 3 rings (SSSR count). The van der Waals surface area contributed by atoms with Gasteiger partial charge in [-0.3, -0.25) is 14.8 Å². The van der Waals surface area contributed by atoms with E-state index in [0.717, 1.165) is 22.0 Å². The second-order valence-electron chi connectivity index (χ2n) is 4.95. The van der Waals surface area contributed by atoms with Crippen LogP contribution in [0, 0.1) is 0 Å². The number of nitrogens with zero attached hydrogens (tertiary/aromatic N) is 3. The Balaban J connectivity index is 2.00. The molecule has 0 bridgehead atoms. The predicted octanol–water partition coefficient (Wildman–Crippen LogP) is 2.07. The zero-order chi connectivity index (χ0) is 16.1. The lowest BCUT2D eigenvalue weighted by atomic mass is 10.1. The fraction of sp³-hybridized carbons (Fsp3) is 0.176. The minimum atomic E-state index is -0.224. The van der Waals surface area contributed by atoms with Gasteiger partial charge in [0, 0.05) is 55.0 Å². The number of nitrogens with one attached hydrogen (secondary N) is 1. The van der Waals surface area contributed by atoms with E-state index in [9.17, 15) is 4.79 Å². The molecule has 1 amide bonds. The summed E-state index contributed by atoms with van der Waals surface area (Å²) in [6.45, 7) is 0.908. The van der Waals surface area contributed by atoms with Crippen LogP contribution in [0.5, 0.6) is 0 Å². The van der Waals surface area contributed by atoms with Crippen LogP contribution in [0.1, 0.15) is 10.5 Å². The largest absolute Gasteiger partial charge is 0.383 e. The van der Waals surface area contributed by atoms with Crippen LogP contribution in [0.25, 0.3) is 22.0 Å². The van der Waals surface area contributed by atoms with Gasteiger partial charge in [-0.15, -0.1) is 0 Å². The fourth-order valence-electron chi connectivity index (χ4n) is 2.26. The number of methoxy groups -OCH3 is 1. The quantitative estimate of drug-likeness (QED) is 0.730. The highest BCUT2D eigenvalue weighted by Crippen LogP contribution is 2.25. The number of amides is 1. The number of hydrogen-bond acceptors (Lipinski definition) is 5. The number of hydrogen-bond donors (Lipinski definition) is 1. The van der Waals surface area contributed by atoms with Crippen molar-refractivity contribution in [1.29, 1.82) is 0 Å². The average Bonchev–Trinajstić information content (AvgIpc) is 2.61. The van der Waals surface area contributed by atoms with Gasteiger partial charge in [0.05, 0.1) is 12.1 Å². The molecule has 3 aromatic rings. The molecule has 116 valence electrons. The molecule has 0 aromatic carbocycles. The smallest absolute Gasteiger partial charge is 0.269 e. The first-order chi connectivity index (χ1) is 11.3. The van der Waals surface area contributed by atoms with Gasteiger partial charge in [-0.2, -0.15) is 0 Å². The minimum absolute atomic E-state index is 0.224. The van der Waals surface area contributed by atoms with Crippen LogP contribution in [0.15, 0.2) is 49.1 Å². The summed E-state index contributed by atoms with van der Waals surface area (Å²) in [5.41, 5.74) is 2.86. The summed E-state index contributed by atoms with van der Waals surface area (Å²) >= 11 is 0. The average molecular weight is 308 g/mol. The Morgan fingerprint density at radius 3 is 2.87 bits per heavy atom. The monoisotopic (exact) mass is 308 g/mol. The van der Waals surface area contributed by atoms with Crippen molar-refractivity contribution in [1.82, 2.24) is 20.3 Å². The Morgan fingerprint density at radius 2 is 2.09 bits per heavy atom.